The minimum absolute atomic E-state index is 0.0884. The number of imide groups is 1. The maximum Gasteiger partial charge on any atom is 0.338 e. The molecule has 2 aromatic carbocycles. The van der Waals surface area contributed by atoms with E-state index >= 15 is 0 Å². The van der Waals surface area contributed by atoms with Crippen molar-refractivity contribution in [3.63, 3.8) is 0 Å². The molecule has 0 unspecified atom stereocenters. The average molecular weight is 448 g/mol. The Morgan fingerprint density at radius 3 is 2.42 bits per heavy atom. The van der Waals surface area contributed by atoms with Crippen molar-refractivity contribution < 1.29 is 23.5 Å². The lowest BCUT2D eigenvalue weighted by Gasteiger charge is -2.12. The fourth-order valence-corrected chi connectivity index (χ4v) is 3.68. The first-order valence-electron chi connectivity index (χ1n) is 10.8. The van der Waals surface area contributed by atoms with Crippen LogP contribution in [-0.4, -0.2) is 40.8 Å². The van der Waals surface area contributed by atoms with Crippen molar-refractivity contribution in [2.75, 3.05) is 6.61 Å². The molecule has 1 fully saturated rings. The quantitative estimate of drug-likeness (QED) is 0.552. The Hall–Kier alpha value is -4.01. The molecule has 1 aliphatic carbocycles. The van der Waals surface area contributed by atoms with Gasteiger partial charge < -0.3 is 14.5 Å². The summed E-state index contributed by atoms with van der Waals surface area (Å²) in [6, 6.07) is 13.6. The van der Waals surface area contributed by atoms with E-state index in [2.05, 4.69) is 20.8 Å². The summed E-state index contributed by atoms with van der Waals surface area (Å²) >= 11 is 0. The number of nitrogens with zero attached hydrogens (tertiary/aromatic N) is 2. The molecule has 0 atom stereocenters. The number of rotatable bonds is 6. The van der Waals surface area contributed by atoms with E-state index in [9.17, 15) is 14.4 Å². The standard InChI is InChI=1S/C24H24N4O5/c1-15-6-2-5-9-19(15)22-28-27-21(33-22)16-10-12-17(13-11-16)23(30)32-14-20(29)26-24(31)25-18-7-3-4-8-18/h2,5-6,9-13,18H,3-4,7-8,14H2,1H3,(H2,25,26,29,31). The van der Waals surface area contributed by atoms with Crippen LogP contribution in [0.15, 0.2) is 52.9 Å². The molecule has 9 heteroatoms. The largest absolute Gasteiger partial charge is 0.452 e. The molecule has 0 aliphatic heterocycles. The number of aromatic nitrogens is 2. The van der Waals surface area contributed by atoms with Crippen LogP contribution in [0.5, 0.6) is 0 Å². The molecule has 4 rings (SSSR count). The molecule has 170 valence electrons. The molecule has 1 saturated carbocycles. The first-order valence-corrected chi connectivity index (χ1v) is 10.8. The van der Waals surface area contributed by atoms with E-state index in [0.29, 0.717) is 17.3 Å². The molecule has 0 saturated heterocycles. The van der Waals surface area contributed by atoms with Gasteiger partial charge in [-0.25, -0.2) is 9.59 Å². The monoisotopic (exact) mass is 448 g/mol. The number of nitrogens with one attached hydrogen (secondary N) is 2. The van der Waals surface area contributed by atoms with Gasteiger partial charge in [-0.1, -0.05) is 31.0 Å². The molecule has 3 aromatic rings. The van der Waals surface area contributed by atoms with Crippen LogP contribution in [-0.2, 0) is 9.53 Å². The second-order valence-electron chi connectivity index (χ2n) is 7.88. The highest BCUT2D eigenvalue weighted by Crippen LogP contribution is 2.26. The van der Waals surface area contributed by atoms with Crippen LogP contribution in [0, 0.1) is 6.92 Å². The van der Waals surface area contributed by atoms with E-state index in [-0.39, 0.29) is 11.6 Å². The number of urea groups is 1. The number of hydrogen-bond acceptors (Lipinski definition) is 7. The van der Waals surface area contributed by atoms with Gasteiger partial charge in [0.2, 0.25) is 11.8 Å². The summed E-state index contributed by atoms with van der Waals surface area (Å²) in [7, 11) is 0. The minimum Gasteiger partial charge on any atom is -0.452 e. The summed E-state index contributed by atoms with van der Waals surface area (Å²) < 4.78 is 10.8. The Morgan fingerprint density at radius 2 is 1.70 bits per heavy atom. The maximum atomic E-state index is 12.2. The Kier molecular flexibility index (Phi) is 6.77. The Bertz CT molecular complexity index is 1150. The van der Waals surface area contributed by atoms with Gasteiger partial charge in [-0.3, -0.25) is 10.1 Å². The number of esters is 1. The summed E-state index contributed by atoms with van der Waals surface area (Å²) in [5, 5.41) is 13.1. The second-order valence-corrected chi connectivity index (χ2v) is 7.88. The van der Waals surface area contributed by atoms with Gasteiger partial charge in [0.15, 0.2) is 6.61 Å². The van der Waals surface area contributed by atoms with Crippen LogP contribution in [0.25, 0.3) is 22.9 Å². The van der Waals surface area contributed by atoms with E-state index in [0.717, 1.165) is 36.8 Å². The molecular weight excluding hydrogens is 424 g/mol. The molecule has 3 amide bonds. The van der Waals surface area contributed by atoms with Crippen molar-refractivity contribution in [2.24, 2.45) is 0 Å². The first kappa shape index (κ1) is 22.2. The smallest absolute Gasteiger partial charge is 0.338 e. The third kappa shape index (κ3) is 5.62. The highest BCUT2D eigenvalue weighted by molar-refractivity contribution is 5.97. The molecule has 2 N–H and O–H groups in total. The number of benzene rings is 2. The fraction of sp³-hybridized carbons (Fsp3) is 0.292. The van der Waals surface area contributed by atoms with Gasteiger partial charge in [0.25, 0.3) is 5.91 Å². The third-order valence-electron chi connectivity index (χ3n) is 5.45. The molecule has 9 nitrogen and oxygen atoms in total. The molecule has 0 radical (unpaired) electrons. The summed E-state index contributed by atoms with van der Waals surface area (Å²) in [6.07, 6.45) is 3.94. The van der Waals surface area contributed by atoms with Crippen molar-refractivity contribution >= 4 is 17.9 Å². The molecule has 1 aromatic heterocycles. The predicted molar refractivity (Wildman–Crippen MR) is 119 cm³/mol. The zero-order valence-corrected chi connectivity index (χ0v) is 18.2. The normalized spacial score (nSPS) is 13.5. The summed E-state index contributed by atoms with van der Waals surface area (Å²) in [6.45, 7) is 1.41. The van der Waals surface area contributed by atoms with E-state index in [1.165, 1.54) is 0 Å². The lowest BCUT2D eigenvalue weighted by Crippen LogP contribution is -2.44. The molecule has 0 bridgehead atoms. The van der Waals surface area contributed by atoms with E-state index in [1.54, 1.807) is 24.3 Å². The molecule has 0 spiro atoms. The van der Waals surface area contributed by atoms with Crippen LogP contribution < -0.4 is 10.6 Å². The zero-order valence-electron chi connectivity index (χ0n) is 18.2. The van der Waals surface area contributed by atoms with Crippen LogP contribution in [0.2, 0.25) is 0 Å². The lowest BCUT2D eigenvalue weighted by atomic mass is 10.1. The number of hydrogen-bond donors (Lipinski definition) is 2. The highest BCUT2D eigenvalue weighted by atomic mass is 16.5. The number of carbonyl (C=O) groups is 3. The van der Waals surface area contributed by atoms with Gasteiger partial charge >= 0.3 is 12.0 Å². The van der Waals surface area contributed by atoms with Gasteiger partial charge in [-0.15, -0.1) is 10.2 Å². The zero-order chi connectivity index (χ0) is 23.2. The predicted octanol–water partition coefficient (Wildman–Crippen LogP) is 3.64. The van der Waals surface area contributed by atoms with Crippen molar-refractivity contribution in [2.45, 2.75) is 38.6 Å². The maximum absolute atomic E-state index is 12.2. The summed E-state index contributed by atoms with van der Waals surface area (Å²) in [5.41, 5.74) is 2.76. The van der Waals surface area contributed by atoms with E-state index in [4.69, 9.17) is 9.15 Å². The molecule has 1 aliphatic rings. The van der Waals surface area contributed by atoms with Crippen molar-refractivity contribution in [3.8, 4) is 22.9 Å². The number of aryl methyl sites for hydroxylation is 1. The van der Waals surface area contributed by atoms with Crippen LogP contribution in [0.3, 0.4) is 0 Å². The number of amides is 3. The van der Waals surface area contributed by atoms with Crippen molar-refractivity contribution in [1.82, 2.24) is 20.8 Å². The SMILES string of the molecule is Cc1ccccc1-c1nnc(-c2ccc(C(=O)OCC(=O)NC(=O)NC3CCCC3)cc2)o1. The van der Waals surface area contributed by atoms with Crippen LogP contribution >= 0.6 is 0 Å². The second kappa shape index (κ2) is 10.1. The van der Waals surface area contributed by atoms with Gasteiger partial charge in [0, 0.05) is 17.2 Å². The van der Waals surface area contributed by atoms with Gasteiger partial charge in [-0.2, -0.15) is 0 Å². The number of ether oxygens (including phenoxy) is 1. The molecular formula is C24H24N4O5. The third-order valence-corrected chi connectivity index (χ3v) is 5.45. The molecule has 1 heterocycles. The van der Waals surface area contributed by atoms with Crippen molar-refractivity contribution in [3.05, 3.63) is 59.7 Å². The fourth-order valence-electron chi connectivity index (χ4n) is 3.68. The Labute approximate surface area is 190 Å². The van der Waals surface area contributed by atoms with Gasteiger partial charge in [0.1, 0.15) is 0 Å². The van der Waals surface area contributed by atoms with Gasteiger partial charge in [-0.05, 0) is 55.7 Å². The Balaban J connectivity index is 1.30. The average Bonchev–Trinajstić information content (AvgIpc) is 3.50. The summed E-state index contributed by atoms with van der Waals surface area (Å²) in [5.74, 6) is -0.639. The van der Waals surface area contributed by atoms with Crippen molar-refractivity contribution in [1.29, 1.82) is 0 Å². The summed E-state index contributed by atoms with van der Waals surface area (Å²) in [4.78, 5) is 35.9. The van der Waals surface area contributed by atoms with Crippen LogP contribution in [0.4, 0.5) is 4.79 Å². The van der Waals surface area contributed by atoms with E-state index < -0.39 is 24.5 Å². The van der Waals surface area contributed by atoms with Gasteiger partial charge in [0.05, 0.1) is 5.56 Å². The highest BCUT2D eigenvalue weighted by Gasteiger charge is 2.19. The topological polar surface area (TPSA) is 123 Å². The lowest BCUT2D eigenvalue weighted by molar-refractivity contribution is -0.123. The van der Waals surface area contributed by atoms with Crippen LogP contribution in [0.1, 0.15) is 41.6 Å². The Morgan fingerprint density at radius 1 is 1.00 bits per heavy atom. The van der Waals surface area contributed by atoms with E-state index in [1.807, 2.05) is 31.2 Å². The minimum atomic E-state index is -0.690. The first-order chi connectivity index (χ1) is 16.0. The number of carbonyl (C=O) groups excluding carboxylic acids is 3. The molecule has 33 heavy (non-hydrogen) atoms.